The van der Waals surface area contributed by atoms with Gasteiger partial charge in [-0.1, -0.05) is 17.7 Å². The van der Waals surface area contributed by atoms with Crippen LogP contribution in [0.1, 0.15) is 45.8 Å². The Morgan fingerprint density at radius 3 is 2.52 bits per heavy atom. The summed E-state index contributed by atoms with van der Waals surface area (Å²) in [6.45, 7) is 5.87. The first-order valence-electron chi connectivity index (χ1n) is 8.12. The first-order chi connectivity index (χ1) is 11.9. The largest absolute Gasteiger partial charge is 0.298 e. The van der Waals surface area contributed by atoms with Crippen LogP contribution in [0.3, 0.4) is 0 Å². The minimum Gasteiger partial charge on any atom is -0.298 e. The minimum absolute atomic E-state index is 0.0811. The van der Waals surface area contributed by atoms with Crippen molar-refractivity contribution >= 4 is 17.6 Å². The van der Waals surface area contributed by atoms with Gasteiger partial charge < -0.3 is 0 Å². The summed E-state index contributed by atoms with van der Waals surface area (Å²) in [6, 6.07) is 9.37. The first kappa shape index (κ1) is 16.8. The highest BCUT2D eigenvalue weighted by atomic mass is 16.2. The maximum absolute atomic E-state index is 12.9. The Labute approximate surface area is 146 Å². The average molecular weight is 330 g/mol. The lowest BCUT2D eigenvalue weighted by molar-refractivity contribution is -0.123. The number of nitrogens with zero attached hydrogens (tertiary/aromatic N) is 2. The molecule has 25 heavy (non-hydrogen) atoms. The number of ketones is 2. The van der Waals surface area contributed by atoms with Crippen molar-refractivity contribution in [2.75, 3.05) is 0 Å². The number of hydrogen-bond donors (Lipinski definition) is 0. The molecule has 1 unspecified atom stereocenters. The lowest BCUT2D eigenvalue weighted by Crippen LogP contribution is -2.15. The van der Waals surface area contributed by atoms with Gasteiger partial charge >= 0.3 is 0 Å². The van der Waals surface area contributed by atoms with Crippen molar-refractivity contribution in [3.05, 3.63) is 69.5 Å². The molecule has 0 amide bonds. The Hall–Kier alpha value is -3.06. The molecule has 0 saturated heterocycles. The predicted molar refractivity (Wildman–Crippen MR) is 95.0 cm³/mol. The lowest BCUT2D eigenvalue weighted by atomic mass is 9.87. The van der Waals surface area contributed by atoms with Crippen LogP contribution in [0.2, 0.25) is 0 Å². The van der Waals surface area contributed by atoms with Crippen LogP contribution in [-0.2, 0) is 9.59 Å². The molecule has 1 heterocycles. The molecule has 1 fully saturated rings. The SMILES string of the molecule is Cc1cc(C)c(C2C(=O)CC(=Cc3ncccc3C#N)C2=O)c(C)c1. The molecule has 2 aromatic rings. The van der Waals surface area contributed by atoms with Crippen LogP contribution in [0, 0.1) is 32.1 Å². The number of pyridine rings is 1. The Morgan fingerprint density at radius 2 is 1.88 bits per heavy atom. The molecule has 0 N–H and O–H groups in total. The molecule has 1 aromatic carbocycles. The van der Waals surface area contributed by atoms with E-state index in [4.69, 9.17) is 5.26 Å². The highest BCUT2D eigenvalue weighted by Gasteiger charge is 2.39. The second-order valence-electron chi connectivity index (χ2n) is 6.47. The number of hydrogen-bond acceptors (Lipinski definition) is 4. The van der Waals surface area contributed by atoms with E-state index in [1.54, 1.807) is 24.4 Å². The van der Waals surface area contributed by atoms with Gasteiger partial charge in [0.15, 0.2) is 11.6 Å². The molecule has 4 heteroatoms. The van der Waals surface area contributed by atoms with Crippen molar-refractivity contribution in [1.29, 1.82) is 5.26 Å². The molecule has 0 radical (unpaired) electrons. The average Bonchev–Trinajstić information content (AvgIpc) is 2.82. The summed E-state index contributed by atoms with van der Waals surface area (Å²) < 4.78 is 0. The van der Waals surface area contributed by atoms with Gasteiger partial charge in [0.25, 0.3) is 0 Å². The maximum Gasteiger partial charge on any atom is 0.174 e. The molecule has 1 saturated carbocycles. The number of aromatic nitrogens is 1. The summed E-state index contributed by atoms with van der Waals surface area (Å²) in [6.07, 6.45) is 3.23. The van der Waals surface area contributed by atoms with Gasteiger partial charge in [0, 0.05) is 18.2 Å². The lowest BCUT2D eigenvalue weighted by Gasteiger charge is -2.15. The molecule has 124 valence electrons. The van der Waals surface area contributed by atoms with E-state index >= 15 is 0 Å². The zero-order valence-corrected chi connectivity index (χ0v) is 14.5. The highest BCUT2D eigenvalue weighted by molar-refractivity contribution is 6.24. The first-order valence-corrected chi connectivity index (χ1v) is 8.12. The van der Waals surface area contributed by atoms with Crippen LogP contribution in [0.4, 0.5) is 0 Å². The molecular formula is C21H18N2O2. The summed E-state index contributed by atoms with van der Waals surface area (Å²) >= 11 is 0. The topological polar surface area (TPSA) is 70.8 Å². The van der Waals surface area contributed by atoms with Crippen molar-refractivity contribution in [3.8, 4) is 6.07 Å². The second-order valence-corrected chi connectivity index (χ2v) is 6.47. The van der Waals surface area contributed by atoms with Gasteiger partial charge in [0.2, 0.25) is 0 Å². The number of benzene rings is 1. The van der Waals surface area contributed by atoms with Crippen LogP contribution in [-0.4, -0.2) is 16.6 Å². The molecule has 3 rings (SSSR count). The molecule has 0 spiro atoms. The van der Waals surface area contributed by atoms with Crippen LogP contribution in [0.5, 0.6) is 0 Å². The Kier molecular flexibility index (Phi) is 4.33. The van der Waals surface area contributed by atoms with E-state index in [1.165, 1.54) is 0 Å². The molecule has 0 bridgehead atoms. The summed E-state index contributed by atoms with van der Waals surface area (Å²) in [4.78, 5) is 29.6. The van der Waals surface area contributed by atoms with E-state index in [-0.39, 0.29) is 18.0 Å². The molecule has 1 aliphatic carbocycles. The number of aryl methyl sites for hydroxylation is 3. The standard InChI is InChI=1S/C21H18N2O2/c1-12-7-13(2)19(14(3)8-12)20-18(24)10-16(21(20)25)9-17-15(11-22)5-4-6-23-17/h4-9,20H,10H2,1-3H3. The van der Waals surface area contributed by atoms with E-state index < -0.39 is 5.92 Å². The van der Waals surface area contributed by atoms with Gasteiger partial charge in [0.05, 0.1) is 11.3 Å². The van der Waals surface area contributed by atoms with Crippen molar-refractivity contribution in [2.24, 2.45) is 0 Å². The zero-order valence-electron chi connectivity index (χ0n) is 14.5. The normalized spacial score (nSPS) is 18.6. The summed E-state index contributed by atoms with van der Waals surface area (Å²) in [7, 11) is 0. The van der Waals surface area contributed by atoms with Gasteiger partial charge in [-0.15, -0.1) is 0 Å². The van der Waals surface area contributed by atoms with Crippen molar-refractivity contribution < 1.29 is 9.59 Å². The maximum atomic E-state index is 12.9. The Bertz CT molecular complexity index is 941. The summed E-state index contributed by atoms with van der Waals surface area (Å²) in [5, 5.41) is 9.17. The van der Waals surface area contributed by atoms with Gasteiger partial charge in [0.1, 0.15) is 12.0 Å². The van der Waals surface area contributed by atoms with Gasteiger partial charge in [-0.25, -0.2) is 0 Å². The van der Waals surface area contributed by atoms with E-state index in [1.807, 2.05) is 32.9 Å². The van der Waals surface area contributed by atoms with Crippen LogP contribution < -0.4 is 0 Å². The van der Waals surface area contributed by atoms with Gasteiger partial charge in [-0.05, 0) is 55.7 Å². The third-order valence-electron chi connectivity index (χ3n) is 4.56. The third kappa shape index (κ3) is 3.01. The number of Topliss-reactive ketones (excluding diaryl/α,β-unsaturated/α-hetero) is 2. The molecule has 1 atom stereocenters. The number of rotatable bonds is 2. The second kappa shape index (κ2) is 6.45. The fraction of sp³-hybridized carbons (Fsp3) is 0.238. The summed E-state index contributed by atoms with van der Waals surface area (Å²) in [5.41, 5.74) is 5.08. The van der Waals surface area contributed by atoms with Crippen molar-refractivity contribution in [1.82, 2.24) is 4.98 Å². The predicted octanol–water partition coefficient (Wildman–Crippen LogP) is 3.59. The van der Waals surface area contributed by atoms with Crippen LogP contribution in [0.25, 0.3) is 6.08 Å². The van der Waals surface area contributed by atoms with E-state index in [9.17, 15) is 9.59 Å². The molecule has 4 nitrogen and oxygen atoms in total. The Morgan fingerprint density at radius 1 is 1.20 bits per heavy atom. The van der Waals surface area contributed by atoms with E-state index in [0.29, 0.717) is 16.8 Å². The van der Waals surface area contributed by atoms with Crippen LogP contribution in [0.15, 0.2) is 36.0 Å². The van der Waals surface area contributed by atoms with E-state index in [2.05, 4.69) is 11.1 Å². The summed E-state index contributed by atoms with van der Waals surface area (Å²) in [5.74, 6) is -1.03. The zero-order chi connectivity index (χ0) is 18.1. The molecule has 0 aliphatic heterocycles. The minimum atomic E-state index is -0.749. The molecule has 1 aliphatic rings. The van der Waals surface area contributed by atoms with Gasteiger partial charge in [-0.2, -0.15) is 5.26 Å². The fourth-order valence-electron chi connectivity index (χ4n) is 3.56. The van der Waals surface area contributed by atoms with Crippen LogP contribution >= 0.6 is 0 Å². The van der Waals surface area contributed by atoms with E-state index in [0.717, 1.165) is 22.3 Å². The smallest absolute Gasteiger partial charge is 0.174 e. The van der Waals surface area contributed by atoms with Crippen molar-refractivity contribution in [2.45, 2.75) is 33.1 Å². The number of carbonyl (C=O) groups excluding carboxylic acids is 2. The third-order valence-corrected chi connectivity index (χ3v) is 4.56. The van der Waals surface area contributed by atoms with Crippen molar-refractivity contribution in [3.63, 3.8) is 0 Å². The number of allylic oxidation sites excluding steroid dienone is 1. The highest BCUT2D eigenvalue weighted by Crippen LogP contribution is 2.36. The monoisotopic (exact) mass is 330 g/mol. The molecular weight excluding hydrogens is 312 g/mol. The quantitative estimate of drug-likeness (QED) is 0.623. The fourth-order valence-corrected chi connectivity index (χ4v) is 3.56. The number of carbonyl (C=O) groups is 2. The molecule has 1 aromatic heterocycles. The van der Waals surface area contributed by atoms with Gasteiger partial charge in [-0.3, -0.25) is 14.6 Å². The number of nitriles is 1. The Balaban J connectivity index is 2.05.